The number of benzene rings is 1. The Bertz CT molecular complexity index is 1120. The molecule has 2 heterocycles. The number of nitrogen functional groups attached to an aromatic ring is 2. The van der Waals surface area contributed by atoms with E-state index in [-0.39, 0.29) is 24.6 Å². The molecule has 0 aliphatic heterocycles. The van der Waals surface area contributed by atoms with Gasteiger partial charge in [-0.15, -0.1) is 0 Å². The first-order valence-corrected chi connectivity index (χ1v) is 9.75. The second-order valence-corrected chi connectivity index (χ2v) is 7.23. The summed E-state index contributed by atoms with van der Waals surface area (Å²) in [5.41, 5.74) is 14.6. The third kappa shape index (κ3) is 5.76. The first-order valence-electron chi connectivity index (χ1n) is 9.75. The number of carboxylic acid groups (broad SMARTS) is 2. The van der Waals surface area contributed by atoms with Crippen LogP contribution in [0.1, 0.15) is 24.1 Å². The minimum absolute atomic E-state index is 0.0143. The van der Waals surface area contributed by atoms with Crippen molar-refractivity contribution in [3.63, 3.8) is 0 Å². The molecule has 3 aromatic rings. The summed E-state index contributed by atoms with van der Waals surface area (Å²) in [4.78, 5) is 40.6. The minimum atomic E-state index is -1.08. The zero-order valence-corrected chi connectivity index (χ0v) is 17.4. The number of aliphatic carboxylic acids is 2. The Hall–Kier alpha value is -4.06. The summed E-state index contributed by atoms with van der Waals surface area (Å²) in [7, 11) is 1.90. The van der Waals surface area contributed by atoms with Gasteiger partial charge in [0.2, 0.25) is 5.95 Å². The standard InChI is InChI=1S/C20H24N8O4/c1-28(10-12-9-24-18-16(25-12)17(21)26-20(22)27-18)13-4-2-11(3-5-13)8-23-14(19(31)32)6-7-15(29)30/h2-5,9,14,23H,6-8,10H2,1H3,(H,29,30)(H,31,32)(H4,21,22,24,26,27)/t14-/m0/s1. The highest BCUT2D eigenvalue weighted by Gasteiger charge is 2.18. The average molecular weight is 440 g/mol. The van der Waals surface area contributed by atoms with E-state index in [0.717, 1.165) is 11.3 Å². The van der Waals surface area contributed by atoms with Crippen molar-refractivity contribution < 1.29 is 19.8 Å². The van der Waals surface area contributed by atoms with Gasteiger partial charge in [0.1, 0.15) is 6.04 Å². The van der Waals surface area contributed by atoms with Gasteiger partial charge in [0.05, 0.1) is 18.4 Å². The Kier molecular flexibility index (Phi) is 6.95. The van der Waals surface area contributed by atoms with Gasteiger partial charge in [-0.3, -0.25) is 9.59 Å². The summed E-state index contributed by atoms with van der Waals surface area (Å²) in [5.74, 6) is -1.89. The fraction of sp³-hybridized carbons (Fsp3) is 0.300. The molecule has 7 N–H and O–H groups in total. The van der Waals surface area contributed by atoms with Gasteiger partial charge in [0, 0.05) is 25.7 Å². The smallest absolute Gasteiger partial charge is 0.320 e. The lowest BCUT2D eigenvalue weighted by Gasteiger charge is -2.19. The second kappa shape index (κ2) is 9.83. The number of hydrogen-bond donors (Lipinski definition) is 5. The number of hydrogen-bond acceptors (Lipinski definition) is 10. The van der Waals surface area contributed by atoms with Gasteiger partial charge in [-0.1, -0.05) is 12.1 Å². The monoisotopic (exact) mass is 440 g/mol. The van der Waals surface area contributed by atoms with E-state index in [1.807, 2.05) is 36.2 Å². The summed E-state index contributed by atoms with van der Waals surface area (Å²) >= 11 is 0. The van der Waals surface area contributed by atoms with Crippen LogP contribution in [0.15, 0.2) is 30.5 Å². The number of fused-ring (bicyclic) bond motifs is 1. The number of anilines is 3. The molecule has 0 aliphatic carbocycles. The molecule has 1 aromatic carbocycles. The molecule has 168 valence electrons. The highest BCUT2D eigenvalue weighted by atomic mass is 16.4. The number of carboxylic acids is 2. The van der Waals surface area contributed by atoms with Gasteiger partial charge in [-0.25, -0.2) is 9.97 Å². The minimum Gasteiger partial charge on any atom is -0.481 e. The molecule has 0 unspecified atom stereocenters. The highest BCUT2D eigenvalue weighted by molar-refractivity contribution is 5.81. The molecule has 1 atom stereocenters. The maximum absolute atomic E-state index is 11.3. The van der Waals surface area contributed by atoms with E-state index in [9.17, 15) is 14.7 Å². The van der Waals surface area contributed by atoms with Crippen LogP contribution in [0.4, 0.5) is 17.5 Å². The summed E-state index contributed by atoms with van der Waals surface area (Å²) in [6.45, 7) is 0.764. The van der Waals surface area contributed by atoms with Gasteiger partial charge in [0.15, 0.2) is 17.0 Å². The molecule has 0 fully saturated rings. The van der Waals surface area contributed by atoms with E-state index in [1.165, 1.54) is 0 Å². The molecule has 0 spiro atoms. The Morgan fingerprint density at radius 2 is 1.84 bits per heavy atom. The first-order chi connectivity index (χ1) is 15.2. The summed E-state index contributed by atoms with van der Waals surface area (Å²) in [6.07, 6.45) is 1.41. The number of nitrogens with one attached hydrogen (secondary N) is 1. The Labute approximate surface area is 183 Å². The lowest BCUT2D eigenvalue weighted by molar-refractivity contribution is -0.140. The zero-order chi connectivity index (χ0) is 23.3. The van der Waals surface area contributed by atoms with Crippen LogP contribution in [0, 0.1) is 0 Å². The summed E-state index contributed by atoms with van der Waals surface area (Å²) in [6, 6.07) is 6.62. The number of carbonyl (C=O) groups is 2. The molecule has 0 amide bonds. The molecule has 0 radical (unpaired) electrons. The van der Waals surface area contributed by atoms with Gasteiger partial charge >= 0.3 is 11.9 Å². The second-order valence-electron chi connectivity index (χ2n) is 7.23. The Morgan fingerprint density at radius 3 is 2.50 bits per heavy atom. The van der Waals surface area contributed by atoms with E-state index in [0.29, 0.717) is 29.9 Å². The van der Waals surface area contributed by atoms with Crippen molar-refractivity contribution in [2.45, 2.75) is 32.0 Å². The molecule has 12 heteroatoms. The summed E-state index contributed by atoms with van der Waals surface area (Å²) < 4.78 is 0. The van der Waals surface area contributed by atoms with E-state index >= 15 is 0 Å². The highest BCUT2D eigenvalue weighted by Crippen LogP contribution is 2.18. The van der Waals surface area contributed by atoms with Crippen LogP contribution in [-0.4, -0.2) is 55.2 Å². The van der Waals surface area contributed by atoms with Crippen LogP contribution in [0.5, 0.6) is 0 Å². The quantitative estimate of drug-likeness (QED) is 0.295. The van der Waals surface area contributed by atoms with E-state index in [1.54, 1.807) is 6.20 Å². The van der Waals surface area contributed by atoms with E-state index in [4.69, 9.17) is 16.6 Å². The molecule has 12 nitrogen and oxygen atoms in total. The maximum Gasteiger partial charge on any atom is 0.320 e. The number of nitrogens with two attached hydrogens (primary N) is 2. The first kappa shape index (κ1) is 22.6. The topological polar surface area (TPSA) is 193 Å². The molecule has 0 bridgehead atoms. The SMILES string of the molecule is CN(Cc1cnc2nc(N)nc(N)c2n1)c1ccc(CN[C@@H](CCC(=O)O)C(=O)O)cc1. The van der Waals surface area contributed by atoms with Crippen molar-refractivity contribution in [1.29, 1.82) is 0 Å². The van der Waals surface area contributed by atoms with Crippen molar-refractivity contribution in [2.75, 3.05) is 23.4 Å². The molecule has 0 saturated carbocycles. The zero-order valence-electron chi connectivity index (χ0n) is 17.4. The third-order valence-electron chi connectivity index (χ3n) is 4.77. The van der Waals surface area contributed by atoms with Crippen LogP contribution in [0.25, 0.3) is 11.2 Å². The van der Waals surface area contributed by atoms with Crippen LogP contribution in [-0.2, 0) is 22.7 Å². The third-order valence-corrected chi connectivity index (χ3v) is 4.77. The van der Waals surface area contributed by atoms with Crippen LogP contribution < -0.4 is 21.7 Å². The molecule has 0 aliphatic rings. The molecular weight excluding hydrogens is 416 g/mol. The van der Waals surface area contributed by atoms with Crippen LogP contribution in [0.2, 0.25) is 0 Å². The van der Waals surface area contributed by atoms with Gasteiger partial charge in [-0.05, 0) is 24.1 Å². The number of aromatic nitrogens is 4. The normalized spacial score (nSPS) is 11.9. The largest absolute Gasteiger partial charge is 0.481 e. The van der Waals surface area contributed by atoms with Crippen molar-refractivity contribution >= 4 is 40.6 Å². The van der Waals surface area contributed by atoms with Crippen molar-refractivity contribution in [2.24, 2.45) is 0 Å². The van der Waals surface area contributed by atoms with Crippen LogP contribution in [0.3, 0.4) is 0 Å². The molecule has 0 saturated heterocycles. The fourth-order valence-electron chi connectivity index (χ4n) is 3.08. The lowest BCUT2D eigenvalue weighted by atomic mass is 10.1. The number of rotatable bonds is 10. The number of nitrogens with zero attached hydrogens (tertiary/aromatic N) is 5. The van der Waals surface area contributed by atoms with Crippen molar-refractivity contribution in [3.8, 4) is 0 Å². The molecule has 2 aromatic heterocycles. The Morgan fingerprint density at radius 1 is 1.12 bits per heavy atom. The average Bonchev–Trinajstić information content (AvgIpc) is 2.74. The van der Waals surface area contributed by atoms with Crippen molar-refractivity contribution in [3.05, 3.63) is 41.7 Å². The van der Waals surface area contributed by atoms with Gasteiger partial charge < -0.3 is 31.9 Å². The fourth-order valence-corrected chi connectivity index (χ4v) is 3.08. The molecule has 32 heavy (non-hydrogen) atoms. The maximum atomic E-state index is 11.3. The lowest BCUT2D eigenvalue weighted by Crippen LogP contribution is -2.36. The van der Waals surface area contributed by atoms with Gasteiger partial charge in [0.25, 0.3) is 0 Å². The Balaban J connectivity index is 1.62. The van der Waals surface area contributed by atoms with Crippen LogP contribution >= 0.6 is 0 Å². The predicted molar refractivity (Wildman–Crippen MR) is 118 cm³/mol. The van der Waals surface area contributed by atoms with E-state index < -0.39 is 18.0 Å². The predicted octanol–water partition coefficient (Wildman–Crippen LogP) is 0.628. The van der Waals surface area contributed by atoms with E-state index in [2.05, 4.69) is 25.3 Å². The van der Waals surface area contributed by atoms with Gasteiger partial charge in [-0.2, -0.15) is 9.97 Å². The summed E-state index contributed by atoms with van der Waals surface area (Å²) in [5, 5.41) is 20.8. The molecular formula is C20H24N8O4. The molecule has 3 rings (SSSR count). The van der Waals surface area contributed by atoms with Crippen molar-refractivity contribution in [1.82, 2.24) is 25.3 Å².